The van der Waals surface area contributed by atoms with Crippen LogP contribution in [0.25, 0.3) is 5.76 Å². The van der Waals surface area contributed by atoms with Gasteiger partial charge >= 0.3 is 11.9 Å². The lowest BCUT2D eigenvalue weighted by atomic mass is 10.0. The highest BCUT2D eigenvalue weighted by molar-refractivity contribution is 9.10. The van der Waals surface area contributed by atoms with Gasteiger partial charge in [-0.3, -0.25) is 0 Å². The molecule has 4 nitrogen and oxygen atoms in total. The second-order valence-corrected chi connectivity index (χ2v) is 6.41. The maximum Gasteiger partial charge on any atom is 0.344 e. The van der Waals surface area contributed by atoms with E-state index in [1.807, 2.05) is 12.1 Å². The van der Waals surface area contributed by atoms with Crippen molar-refractivity contribution in [2.24, 2.45) is 0 Å². The van der Waals surface area contributed by atoms with Crippen molar-refractivity contribution in [1.82, 2.24) is 0 Å². The number of halogens is 2. The Bertz CT molecular complexity index is 889. The van der Waals surface area contributed by atoms with Crippen molar-refractivity contribution in [3.05, 3.63) is 75.0 Å². The first-order valence-electron chi connectivity index (χ1n) is 7.58. The van der Waals surface area contributed by atoms with Crippen LogP contribution in [0.1, 0.15) is 38.3 Å². The molecule has 0 radical (unpaired) electrons. The Hall–Kier alpha value is -2.47. The number of benzene rings is 2. The first-order valence-corrected chi connectivity index (χ1v) is 8.38. The highest BCUT2D eigenvalue weighted by Gasteiger charge is 2.26. The number of hydrogen-bond donors (Lipinski definition) is 0. The van der Waals surface area contributed by atoms with Crippen LogP contribution >= 0.6 is 15.9 Å². The van der Waals surface area contributed by atoms with Gasteiger partial charge in [-0.15, -0.1) is 0 Å². The molecule has 25 heavy (non-hydrogen) atoms. The summed E-state index contributed by atoms with van der Waals surface area (Å²) < 4.78 is 24.4. The predicted octanol–water partition coefficient (Wildman–Crippen LogP) is 4.52. The molecule has 0 atom stereocenters. The van der Waals surface area contributed by atoms with Crippen LogP contribution < -0.4 is 0 Å². The summed E-state index contributed by atoms with van der Waals surface area (Å²) in [5.74, 6) is -1.18. The molecule has 0 saturated heterocycles. The minimum atomic E-state index is -0.707. The molecule has 2 aromatic carbocycles. The molecule has 3 rings (SSSR count). The van der Waals surface area contributed by atoms with Gasteiger partial charge in [0.2, 0.25) is 0 Å². The second-order valence-electron chi connectivity index (χ2n) is 5.49. The van der Waals surface area contributed by atoms with Gasteiger partial charge in [-0.1, -0.05) is 22.0 Å². The quantitative estimate of drug-likeness (QED) is 0.702. The van der Waals surface area contributed by atoms with Gasteiger partial charge in [-0.2, -0.15) is 0 Å². The number of esters is 2. The zero-order valence-electron chi connectivity index (χ0n) is 13.3. The summed E-state index contributed by atoms with van der Waals surface area (Å²) in [6, 6.07) is 9.67. The van der Waals surface area contributed by atoms with E-state index in [1.54, 1.807) is 18.2 Å². The average Bonchev–Trinajstić information content (AvgIpc) is 2.91. The summed E-state index contributed by atoms with van der Waals surface area (Å²) in [6.45, 7) is 0. The van der Waals surface area contributed by atoms with Crippen molar-refractivity contribution in [3.63, 3.8) is 0 Å². The van der Waals surface area contributed by atoms with Gasteiger partial charge in [-0.05, 0) is 54.8 Å². The molecule has 0 N–H and O–H groups in total. The number of hydrogen-bond acceptors (Lipinski definition) is 4. The van der Waals surface area contributed by atoms with Crippen LogP contribution in [0, 0.1) is 5.82 Å². The minimum Gasteiger partial charge on any atom is -0.465 e. The normalized spacial score (nSPS) is 14.4. The summed E-state index contributed by atoms with van der Waals surface area (Å²) in [6.07, 6.45) is 2.95. The van der Waals surface area contributed by atoms with Crippen LogP contribution in [0.3, 0.4) is 0 Å². The lowest BCUT2D eigenvalue weighted by Crippen LogP contribution is -2.05. The Kier molecular flexibility index (Phi) is 4.99. The Labute approximate surface area is 152 Å². The Balaban J connectivity index is 1.76. The molecule has 0 spiro atoms. The van der Waals surface area contributed by atoms with Gasteiger partial charge in [0.05, 0.1) is 18.2 Å². The molecule has 1 heterocycles. The largest absolute Gasteiger partial charge is 0.465 e. The molecular weight excluding hydrogens is 391 g/mol. The minimum absolute atomic E-state index is 0.0887. The topological polar surface area (TPSA) is 52.6 Å². The molecule has 2 aromatic rings. The van der Waals surface area contributed by atoms with Crippen LogP contribution in [0.2, 0.25) is 0 Å². The lowest BCUT2D eigenvalue weighted by molar-refractivity contribution is 0.0594. The molecule has 0 amide bonds. The molecule has 1 aliphatic rings. The monoisotopic (exact) mass is 404 g/mol. The number of carbonyl (C=O) groups is 2. The van der Waals surface area contributed by atoms with E-state index < -0.39 is 11.8 Å². The molecule has 0 unspecified atom stereocenters. The predicted molar refractivity (Wildman–Crippen MR) is 93.6 cm³/mol. The third kappa shape index (κ3) is 3.64. The number of allylic oxidation sites excluding steroid dienone is 1. The van der Waals surface area contributed by atoms with Crippen molar-refractivity contribution in [1.29, 1.82) is 0 Å². The number of cyclic esters (lactones) is 1. The summed E-state index contributed by atoms with van der Waals surface area (Å²) >= 11 is 3.38. The van der Waals surface area contributed by atoms with Crippen molar-refractivity contribution < 1.29 is 23.5 Å². The standard InChI is InChI=1S/C19H14BrFO4/c1-24-18(22)15-9-11(5-8-16(15)21)3-2-4-17-14-10-12(20)6-7-13(14)19(23)25-17/h4-10H,2-3H2,1H3/b17-4-. The number of carbonyl (C=O) groups excluding carboxylic acids is 2. The highest BCUT2D eigenvalue weighted by Crippen LogP contribution is 2.32. The summed E-state index contributed by atoms with van der Waals surface area (Å²) in [5, 5.41) is 0. The Morgan fingerprint density at radius 1 is 1.24 bits per heavy atom. The summed E-state index contributed by atoms with van der Waals surface area (Å²) in [7, 11) is 1.21. The fraction of sp³-hybridized carbons (Fsp3) is 0.158. The molecule has 128 valence electrons. The average molecular weight is 405 g/mol. The van der Waals surface area contributed by atoms with Gasteiger partial charge in [-0.25, -0.2) is 14.0 Å². The zero-order valence-corrected chi connectivity index (χ0v) is 14.9. The number of ether oxygens (including phenoxy) is 2. The molecule has 0 aromatic heterocycles. The number of fused-ring (bicyclic) bond motifs is 1. The van der Waals surface area contributed by atoms with Crippen molar-refractivity contribution in [2.75, 3.05) is 7.11 Å². The van der Waals surface area contributed by atoms with E-state index in [9.17, 15) is 14.0 Å². The molecule has 6 heteroatoms. The van der Waals surface area contributed by atoms with Crippen molar-refractivity contribution >= 4 is 33.6 Å². The lowest BCUT2D eigenvalue weighted by Gasteiger charge is -2.05. The number of aryl methyl sites for hydroxylation is 1. The van der Waals surface area contributed by atoms with Gasteiger partial charge < -0.3 is 9.47 Å². The smallest absolute Gasteiger partial charge is 0.344 e. The van der Waals surface area contributed by atoms with E-state index in [2.05, 4.69) is 20.7 Å². The van der Waals surface area contributed by atoms with Crippen LogP contribution in [0.5, 0.6) is 0 Å². The van der Waals surface area contributed by atoms with Crippen LogP contribution in [0.4, 0.5) is 4.39 Å². The summed E-state index contributed by atoms with van der Waals surface area (Å²) in [5.41, 5.74) is 1.98. The van der Waals surface area contributed by atoms with E-state index in [-0.39, 0.29) is 11.5 Å². The number of methoxy groups -OCH3 is 1. The fourth-order valence-corrected chi connectivity index (χ4v) is 2.99. The van der Waals surface area contributed by atoms with Crippen LogP contribution in [-0.2, 0) is 15.9 Å². The van der Waals surface area contributed by atoms with Crippen molar-refractivity contribution in [2.45, 2.75) is 12.8 Å². The van der Waals surface area contributed by atoms with E-state index in [4.69, 9.17) is 4.74 Å². The highest BCUT2D eigenvalue weighted by atomic mass is 79.9. The Morgan fingerprint density at radius 3 is 2.80 bits per heavy atom. The first-order chi connectivity index (χ1) is 12.0. The van der Waals surface area contributed by atoms with Gasteiger partial charge in [0, 0.05) is 10.0 Å². The molecule has 0 bridgehead atoms. The molecule has 1 aliphatic heterocycles. The molecule has 0 saturated carbocycles. The fourth-order valence-electron chi connectivity index (χ4n) is 2.62. The van der Waals surface area contributed by atoms with Gasteiger partial charge in [0.15, 0.2) is 0 Å². The van der Waals surface area contributed by atoms with E-state index in [0.29, 0.717) is 24.2 Å². The van der Waals surface area contributed by atoms with E-state index >= 15 is 0 Å². The summed E-state index contributed by atoms with van der Waals surface area (Å²) in [4.78, 5) is 23.4. The molecule has 0 fully saturated rings. The zero-order chi connectivity index (χ0) is 18.0. The maximum absolute atomic E-state index is 13.6. The number of rotatable bonds is 4. The molecule has 0 aliphatic carbocycles. The van der Waals surface area contributed by atoms with E-state index in [1.165, 1.54) is 19.2 Å². The Morgan fingerprint density at radius 2 is 2.04 bits per heavy atom. The van der Waals surface area contributed by atoms with Gasteiger partial charge in [0.1, 0.15) is 11.6 Å². The molecular formula is C19H14BrFO4. The SMILES string of the molecule is COC(=O)c1cc(CC/C=C2\OC(=O)c3ccc(Br)cc32)ccc1F. The third-order valence-electron chi connectivity index (χ3n) is 3.87. The first kappa shape index (κ1) is 17.4. The van der Waals surface area contributed by atoms with Crippen LogP contribution in [0.15, 0.2) is 46.9 Å². The second kappa shape index (κ2) is 7.19. The van der Waals surface area contributed by atoms with Gasteiger partial charge in [0.25, 0.3) is 0 Å². The third-order valence-corrected chi connectivity index (χ3v) is 4.36. The maximum atomic E-state index is 13.6. The van der Waals surface area contributed by atoms with Crippen molar-refractivity contribution in [3.8, 4) is 0 Å². The van der Waals surface area contributed by atoms with Crippen LogP contribution in [-0.4, -0.2) is 19.0 Å². The van der Waals surface area contributed by atoms with E-state index in [0.717, 1.165) is 15.6 Å².